The molecule has 0 saturated heterocycles. The van der Waals surface area contributed by atoms with E-state index < -0.39 is 27.4 Å². The van der Waals surface area contributed by atoms with Crippen LogP contribution in [0.1, 0.15) is 17.9 Å². The molecular weight excluding hydrogens is 426 g/mol. The predicted octanol–water partition coefficient (Wildman–Crippen LogP) is 4.00. The maximum atomic E-state index is 12.9. The summed E-state index contributed by atoms with van der Waals surface area (Å²) >= 11 is 5.89. The van der Waals surface area contributed by atoms with E-state index in [1.165, 1.54) is 18.2 Å². The van der Waals surface area contributed by atoms with Gasteiger partial charge in [-0.15, -0.1) is 0 Å². The highest BCUT2D eigenvalue weighted by atomic mass is 35.5. The predicted molar refractivity (Wildman–Crippen MR) is 113 cm³/mol. The number of aliphatic carboxylic acids is 1. The van der Waals surface area contributed by atoms with E-state index >= 15 is 0 Å². The molecule has 0 aromatic heterocycles. The van der Waals surface area contributed by atoms with Crippen molar-refractivity contribution in [1.29, 1.82) is 0 Å². The fourth-order valence-electron chi connectivity index (χ4n) is 3.58. The van der Waals surface area contributed by atoms with Gasteiger partial charge in [0.2, 0.25) is 10.0 Å². The zero-order valence-corrected chi connectivity index (χ0v) is 17.2. The Hall–Kier alpha value is -2.87. The van der Waals surface area contributed by atoms with Crippen LogP contribution in [0.3, 0.4) is 0 Å². The second-order valence-corrected chi connectivity index (χ2v) is 9.35. The lowest BCUT2D eigenvalue weighted by Gasteiger charge is -2.16. The Labute approximate surface area is 178 Å². The molecule has 2 atom stereocenters. The van der Waals surface area contributed by atoms with Crippen LogP contribution < -0.4 is 4.72 Å². The van der Waals surface area contributed by atoms with Gasteiger partial charge in [0, 0.05) is 10.9 Å². The maximum Gasteiger partial charge on any atom is 0.325 e. The molecule has 2 unspecified atom stereocenters. The number of hydrogen-bond acceptors (Lipinski definition) is 4. The molecule has 8 heteroatoms. The van der Waals surface area contributed by atoms with E-state index in [2.05, 4.69) is 4.72 Å². The van der Waals surface area contributed by atoms with E-state index in [1.807, 2.05) is 12.1 Å². The van der Waals surface area contributed by atoms with Gasteiger partial charge >= 0.3 is 5.97 Å². The van der Waals surface area contributed by atoms with E-state index in [0.717, 1.165) is 11.1 Å². The summed E-state index contributed by atoms with van der Waals surface area (Å²) in [5, 5.41) is 20.4. The molecule has 154 valence electrons. The van der Waals surface area contributed by atoms with Crippen LogP contribution in [-0.2, 0) is 14.8 Å². The summed E-state index contributed by atoms with van der Waals surface area (Å²) in [5.41, 5.74) is 0.393. The number of carboxylic acid groups (broad SMARTS) is 1. The van der Waals surface area contributed by atoms with Gasteiger partial charge in [0.15, 0.2) is 0 Å². The number of carboxylic acids is 1. The summed E-state index contributed by atoms with van der Waals surface area (Å²) in [7, 11) is -4.09. The fraction of sp³-hybridized carbons (Fsp3) is 0.136. The molecule has 0 radical (unpaired) electrons. The molecule has 1 fully saturated rings. The number of aromatic hydroxyl groups is 1. The molecule has 1 aliphatic carbocycles. The Morgan fingerprint density at radius 2 is 1.53 bits per heavy atom. The van der Waals surface area contributed by atoms with Crippen molar-refractivity contribution in [2.24, 2.45) is 0 Å². The van der Waals surface area contributed by atoms with E-state index in [4.69, 9.17) is 11.6 Å². The van der Waals surface area contributed by atoms with Crippen molar-refractivity contribution < 1.29 is 23.4 Å². The minimum Gasteiger partial charge on any atom is -0.508 e. The lowest BCUT2D eigenvalue weighted by molar-refractivity contribution is -0.140. The van der Waals surface area contributed by atoms with Gasteiger partial charge in [-0.1, -0.05) is 54.1 Å². The van der Waals surface area contributed by atoms with Crippen molar-refractivity contribution in [3.05, 3.63) is 83.4 Å². The minimum absolute atomic E-state index is 0.0382. The third kappa shape index (κ3) is 3.67. The Bertz CT molecular complexity index is 1210. The smallest absolute Gasteiger partial charge is 0.325 e. The monoisotopic (exact) mass is 443 g/mol. The normalized spacial score (nSPS) is 20.6. The molecule has 4 rings (SSSR count). The molecule has 0 amide bonds. The van der Waals surface area contributed by atoms with E-state index in [9.17, 15) is 23.4 Å². The first-order valence-electron chi connectivity index (χ1n) is 9.14. The third-order valence-electron chi connectivity index (χ3n) is 5.31. The zero-order chi connectivity index (χ0) is 21.5. The number of carbonyl (C=O) groups is 1. The van der Waals surface area contributed by atoms with Crippen molar-refractivity contribution in [2.45, 2.75) is 22.8 Å². The molecule has 0 heterocycles. The highest BCUT2D eigenvalue weighted by Crippen LogP contribution is 2.54. The zero-order valence-electron chi connectivity index (χ0n) is 15.6. The van der Waals surface area contributed by atoms with Crippen molar-refractivity contribution in [1.82, 2.24) is 4.72 Å². The van der Waals surface area contributed by atoms with Crippen LogP contribution in [-0.4, -0.2) is 30.1 Å². The molecule has 0 aliphatic heterocycles. The van der Waals surface area contributed by atoms with Gasteiger partial charge in [-0.25, -0.2) is 8.42 Å². The van der Waals surface area contributed by atoms with Crippen LogP contribution in [0.25, 0.3) is 11.1 Å². The number of nitrogens with one attached hydrogen (secondary N) is 1. The lowest BCUT2D eigenvalue weighted by Crippen LogP contribution is -2.44. The molecule has 30 heavy (non-hydrogen) atoms. The molecule has 0 bridgehead atoms. The SMILES string of the molecule is O=C(O)C1(NS(=O)(=O)c2ccc(-c3ccc(Cl)cc3)cc2)CC1c1ccccc1O. The minimum atomic E-state index is -4.09. The molecule has 3 N–H and O–H groups in total. The second kappa shape index (κ2) is 7.43. The van der Waals surface area contributed by atoms with Crippen LogP contribution >= 0.6 is 11.6 Å². The number of hydrogen-bond donors (Lipinski definition) is 3. The number of para-hydroxylation sites is 1. The summed E-state index contributed by atoms with van der Waals surface area (Å²) in [6.45, 7) is 0. The number of sulfonamides is 1. The Balaban J connectivity index is 1.59. The van der Waals surface area contributed by atoms with Gasteiger partial charge < -0.3 is 10.2 Å². The van der Waals surface area contributed by atoms with Crippen LogP contribution in [0.5, 0.6) is 5.75 Å². The van der Waals surface area contributed by atoms with Crippen molar-refractivity contribution in [3.63, 3.8) is 0 Å². The molecule has 1 aliphatic rings. The molecule has 0 spiro atoms. The third-order valence-corrected chi connectivity index (χ3v) is 7.09. The Kier molecular flexibility index (Phi) is 5.05. The highest BCUT2D eigenvalue weighted by Gasteiger charge is 2.64. The van der Waals surface area contributed by atoms with Gasteiger partial charge in [-0.2, -0.15) is 4.72 Å². The van der Waals surface area contributed by atoms with Crippen LogP contribution in [0.2, 0.25) is 5.02 Å². The van der Waals surface area contributed by atoms with Crippen LogP contribution in [0.15, 0.2) is 77.7 Å². The van der Waals surface area contributed by atoms with Gasteiger partial charge in [0.25, 0.3) is 0 Å². The molecule has 1 saturated carbocycles. The molecule has 6 nitrogen and oxygen atoms in total. The molecule has 3 aromatic rings. The molecule has 3 aromatic carbocycles. The molecular formula is C22H18ClNO5S. The standard InChI is InChI=1S/C22H18ClNO5S/c23-16-9-5-14(6-10-16)15-7-11-17(12-8-15)30(28,29)24-22(21(26)27)13-19(22)18-3-1-2-4-20(18)25/h1-12,19,24-25H,13H2,(H,26,27). The summed E-state index contributed by atoms with van der Waals surface area (Å²) < 4.78 is 28.1. The van der Waals surface area contributed by atoms with Gasteiger partial charge in [0.1, 0.15) is 11.3 Å². The summed E-state index contributed by atoms with van der Waals surface area (Å²) in [5.74, 6) is -1.99. The first kappa shape index (κ1) is 20.4. The number of benzene rings is 3. The van der Waals surface area contributed by atoms with E-state index in [1.54, 1.807) is 42.5 Å². The summed E-state index contributed by atoms with van der Waals surface area (Å²) in [6, 6.07) is 19.6. The largest absolute Gasteiger partial charge is 0.508 e. The topological polar surface area (TPSA) is 104 Å². The van der Waals surface area contributed by atoms with Gasteiger partial charge in [-0.3, -0.25) is 4.79 Å². The second-order valence-electron chi connectivity index (χ2n) is 7.23. The fourth-order valence-corrected chi connectivity index (χ4v) is 5.11. The van der Waals surface area contributed by atoms with Crippen molar-refractivity contribution in [2.75, 3.05) is 0 Å². The number of phenols is 1. The van der Waals surface area contributed by atoms with Crippen LogP contribution in [0, 0.1) is 0 Å². The summed E-state index contributed by atoms with van der Waals surface area (Å²) in [4.78, 5) is 11.9. The first-order chi connectivity index (χ1) is 14.2. The maximum absolute atomic E-state index is 12.9. The number of phenolic OH excluding ortho intramolecular Hbond substituents is 1. The Morgan fingerprint density at radius 1 is 0.967 bits per heavy atom. The van der Waals surface area contributed by atoms with Crippen molar-refractivity contribution in [3.8, 4) is 16.9 Å². The van der Waals surface area contributed by atoms with Crippen molar-refractivity contribution >= 4 is 27.6 Å². The van der Waals surface area contributed by atoms with E-state index in [0.29, 0.717) is 10.6 Å². The number of halogens is 1. The first-order valence-corrected chi connectivity index (χ1v) is 11.0. The van der Waals surface area contributed by atoms with E-state index in [-0.39, 0.29) is 17.1 Å². The van der Waals surface area contributed by atoms with Gasteiger partial charge in [0.05, 0.1) is 4.90 Å². The van der Waals surface area contributed by atoms with Crippen LogP contribution in [0.4, 0.5) is 0 Å². The quantitative estimate of drug-likeness (QED) is 0.534. The average Bonchev–Trinajstić information content (AvgIpc) is 3.43. The number of rotatable bonds is 6. The highest BCUT2D eigenvalue weighted by molar-refractivity contribution is 7.89. The summed E-state index contributed by atoms with van der Waals surface area (Å²) in [6.07, 6.45) is 0.0575. The van der Waals surface area contributed by atoms with Gasteiger partial charge in [-0.05, 0) is 53.4 Å². The average molecular weight is 444 g/mol. The Morgan fingerprint density at radius 3 is 2.10 bits per heavy atom. The lowest BCUT2D eigenvalue weighted by atomic mass is 10.1.